The van der Waals surface area contributed by atoms with Crippen molar-refractivity contribution in [2.24, 2.45) is 4.99 Å². The first-order valence-electron chi connectivity index (χ1n) is 4.59. The molecule has 0 radical (unpaired) electrons. The molecule has 0 unspecified atom stereocenters. The molecule has 0 spiro atoms. The first-order chi connectivity index (χ1) is 5.59. The summed E-state index contributed by atoms with van der Waals surface area (Å²) in [5.41, 5.74) is 1.35. The molecule has 12 heavy (non-hydrogen) atoms. The second-order valence-electron chi connectivity index (χ2n) is 2.14. The molecular formula is C10H24N2. The molecule has 0 rings (SSSR count). The zero-order chi connectivity index (χ0) is 10.6. The third-order valence-electron chi connectivity index (χ3n) is 0.878. The van der Waals surface area contributed by atoms with Gasteiger partial charge in [0.2, 0.25) is 0 Å². The van der Waals surface area contributed by atoms with E-state index in [4.69, 9.17) is 5.41 Å². The minimum absolute atomic E-state index is 0.544. The van der Waals surface area contributed by atoms with Crippen LogP contribution in [0.4, 0.5) is 0 Å². The molecule has 0 saturated heterocycles. The Morgan fingerprint density at radius 2 is 1.42 bits per heavy atom. The van der Waals surface area contributed by atoms with Crippen molar-refractivity contribution in [3.63, 3.8) is 0 Å². The molecule has 74 valence electrons. The molecule has 0 bridgehead atoms. The molecule has 0 fully saturated rings. The zero-order valence-corrected chi connectivity index (χ0v) is 9.65. The van der Waals surface area contributed by atoms with Crippen LogP contribution in [0.2, 0.25) is 0 Å². The summed E-state index contributed by atoms with van der Waals surface area (Å²) >= 11 is 0. The predicted molar refractivity (Wildman–Crippen MR) is 59.7 cm³/mol. The van der Waals surface area contributed by atoms with E-state index in [9.17, 15) is 0 Å². The van der Waals surface area contributed by atoms with Gasteiger partial charge < -0.3 is 5.41 Å². The van der Waals surface area contributed by atoms with Crippen LogP contribution in [0.5, 0.6) is 0 Å². The summed E-state index contributed by atoms with van der Waals surface area (Å²) in [6.07, 6.45) is 1.25. The van der Waals surface area contributed by atoms with Crippen LogP contribution in [0, 0.1) is 5.41 Å². The normalized spacial score (nSPS) is 8.75. The topological polar surface area (TPSA) is 36.2 Å². The smallest absolute Gasteiger partial charge is 0.0518 e. The molecule has 0 aliphatic heterocycles. The SMILES string of the molecule is CC.CCC.CN=C(C)C(C)=N. The van der Waals surface area contributed by atoms with E-state index in [1.165, 1.54) is 6.42 Å². The van der Waals surface area contributed by atoms with Crippen molar-refractivity contribution >= 4 is 11.4 Å². The molecule has 0 aromatic carbocycles. The fraction of sp³-hybridized carbons (Fsp3) is 0.800. The van der Waals surface area contributed by atoms with Crippen molar-refractivity contribution in [2.75, 3.05) is 7.05 Å². The van der Waals surface area contributed by atoms with Gasteiger partial charge >= 0.3 is 0 Å². The van der Waals surface area contributed by atoms with Gasteiger partial charge in [-0.25, -0.2) is 0 Å². The van der Waals surface area contributed by atoms with Crippen molar-refractivity contribution in [3.05, 3.63) is 0 Å². The molecule has 1 N–H and O–H groups in total. The summed E-state index contributed by atoms with van der Waals surface area (Å²) in [5.74, 6) is 0. The highest BCUT2D eigenvalue weighted by Crippen LogP contribution is 1.75. The molecule has 0 atom stereocenters. The fourth-order valence-electron chi connectivity index (χ4n) is 0.168. The van der Waals surface area contributed by atoms with Crippen LogP contribution in [0.1, 0.15) is 48.0 Å². The van der Waals surface area contributed by atoms with Crippen LogP contribution in [-0.2, 0) is 0 Å². The van der Waals surface area contributed by atoms with Crippen molar-refractivity contribution in [2.45, 2.75) is 48.0 Å². The number of hydrogen-bond donors (Lipinski definition) is 1. The van der Waals surface area contributed by atoms with Crippen LogP contribution >= 0.6 is 0 Å². The Morgan fingerprint density at radius 1 is 1.17 bits per heavy atom. The van der Waals surface area contributed by atoms with E-state index in [-0.39, 0.29) is 0 Å². The van der Waals surface area contributed by atoms with E-state index in [0.29, 0.717) is 5.71 Å². The first kappa shape index (κ1) is 17.4. The van der Waals surface area contributed by atoms with Crippen LogP contribution in [0.3, 0.4) is 0 Å². The maximum absolute atomic E-state index is 6.97. The monoisotopic (exact) mass is 172 g/mol. The summed E-state index contributed by atoms with van der Waals surface area (Å²) in [6, 6.07) is 0. The highest BCUT2D eigenvalue weighted by atomic mass is 14.7. The number of aliphatic imine (C=N–C) groups is 1. The number of nitrogens with zero attached hydrogens (tertiary/aromatic N) is 1. The number of nitrogens with one attached hydrogen (secondary N) is 1. The molecule has 0 aromatic rings. The van der Waals surface area contributed by atoms with Gasteiger partial charge in [-0.15, -0.1) is 0 Å². The third-order valence-corrected chi connectivity index (χ3v) is 0.878. The van der Waals surface area contributed by atoms with Crippen LogP contribution < -0.4 is 0 Å². The van der Waals surface area contributed by atoms with Gasteiger partial charge in [-0.2, -0.15) is 0 Å². The molecule has 0 amide bonds. The fourth-order valence-corrected chi connectivity index (χ4v) is 0.168. The Labute approximate surface area is 77.6 Å². The molecule has 0 saturated carbocycles. The average molecular weight is 172 g/mol. The van der Waals surface area contributed by atoms with E-state index in [2.05, 4.69) is 18.8 Å². The van der Waals surface area contributed by atoms with Crippen LogP contribution in [0.25, 0.3) is 0 Å². The molecule has 0 aliphatic carbocycles. The quantitative estimate of drug-likeness (QED) is 0.587. The predicted octanol–water partition coefficient (Wildman–Crippen LogP) is 3.56. The van der Waals surface area contributed by atoms with E-state index in [0.717, 1.165) is 5.71 Å². The largest absolute Gasteiger partial charge is 0.304 e. The molecule has 0 aromatic heterocycles. The molecular weight excluding hydrogens is 148 g/mol. The Bertz CT molecular complexity index is 115. The van der Waals surface area contributed by atoms with Crippen molar-refractivity contribution in [3.8, 4) is 0 Å². The number of hydrogen-bond acceptors (Lipinski definition) is 2. The summed E-state index contributed by atoms with van der Waals surface area (Å²) in [6.45, 7) is 11.8. The second kappa shape index (κ2) is 16.7. The maximum atomic E-state index is 6.97. The highest BCUT2D eigenvalue weighted by Gasteiger charge is 1.86. The third kappa shape index (κ3) is 22.8. The van der Waals surface area contributed by atoms with Crippen molar-refractivity contribution < 1.29 is 0 Å². The van der Waals surface area contributed by atoms with Gasteiger partial charge in [0.1, 0.15) is 0 Å². The van der Waals surface area contributed by atoms with E-state index >= 15 is 0 Å². The minimum Gasteiger partial charge on any atom is -0.304 e. The van der Waals surface area contributed by atoms with E-state index in [1.807, 2.05) is 20.8 Å². The van der Waals surface area contributed by atoms with Gasteiger partial charge in [0.15, 0.2) is 0 Å². The van der Waals surface area contributed by atoms with Gasteiger partial charge in [0, 0.05) is 12.8 Å². The maximum Gasteiger partial charge on any atom is 0.0518 e. The zero-order valence-electron chi connectivity index (χ0n) is 9.65. The first-order valence-corrected chi connectivity index (χ1v) is 4.59. The van der Waals surface area contributed by atoms with Crippen LogP contribution in [0.15, 0.2) is 4.99 Å². The van der Waals surface area contributed by atoms with Gasteiger partial charge in [-0.3, -0.25) is 4.99 Å². The van der Waals surface area contributed by atoms with Gasteiger partial charge in [0.25, 0.3) is 0 Å². The minimum atomic E-state index is 0.544. The second-order valence-corrected chi connectivity index (χ2v) is 2.14. The highest BCUT2D eigenvalue weighted by molar-refractivity contribution is 6.39. The Hall–Kier alpha value is -0.660. The lowest BCUT2D eigenvalue weighted by molar-refractivity contribution is 1.09. The number of rotatable bonds is 1. The van der Waals surface area contributed by atoms with Crippen molar-refractivity contribution in [1.29, 1.82) is 5.41 Å². The lowest BCUT2D eigenvalue weighted by Gasteiger charge is -1.88. The molecule has 2 heteroatoms. The van der Waals surface area contributed by atoms with Crippen LogP contribution in [-0.4, -0.2) is 18.5 Å². The molecule has 0 heterocycles. The lowest BCUT2D eigenvalue weighted by atomic mass is 10.3. The summed E-state index contributed by atoms with van der Waals surface area (Å²) < 4.78 is 0. The van der Waals surface area contributed by atoms with Gasteiger partial charge in [-0.1, -0.05) is 34.1 Å². The lowest BCUT2D eigenvalue weighted by Crippen LogP contribution is -2.01. The summed E-state index contributed by atoms with van der Waals surface area (Å²) in [4.78, 5) is 3.78. The summed E-state index contributed by atoms with van der Waals surface area (Å²) in [7, 11) is 1.69. The van der Waals surface area contributed by atoms with Crippen molar-refractivity contribution in [1.82, 2.24) is 0 Å². The summed E-state index contributed by atoms with van der Waals surface area (Å²) in [5, 5.41) is 6.97. The molecule has 0 aliphatic rings. The molecule has 2 nitrogen and oxygen atoms in total. The van der Waals surface area contributed by atoms with E-state index < -0.39 is 0 Å². The Kier molecular flexibility index (Phi) is 24.3. The standard InChI is InChI=1S/C5H10N2.C3H8.C2H6/c1-4(6)5(2)7-3;1-3-2;1-2/h6H,1-3H3;3H2,1-2H3;1-2H3. The Morgan fingerprint density at radius 3 is 1.42 bits per heavy atom. The van der Waals surface area contributed by atoms with E-state index in [1.54, 1.807) is 14.0 Å². The Balaban J connectivity index is -0.000000137. The average Bonchev–Trinajstić information content (AvgIpc) is 2.08. The van der Waals surface area contributed by atoms with Gasteiger partial charge in [0.05, 0.1) is 5.71 Å². The van der Waals surface area contributed by atoms with Gasteiger partial charge in [-0.05, 0) is 13.8 Å².